The van der Waals surface area contributed by atoms with Gasteiger partial charge in [-0.3, -0.25) is 9.59 Å². The van der Waals surface area contributed by atoms with Crippen molar-refractivity contribution in [1.29, 1.82) is 10.5 Å². The minimum Gasteiger partial charge on any atom is -0.289 e. The first kappa shape index (κ1) is 32.5. The second-order valence-electron chi connectivity index (χ2n) is 14.1. The van der Waals surface area contributed by atoms with Gasteiger partial charge in [0.05, 0.1) is 39.4 Å². The molecule has 254 valence electrons. The van der Waals surface area contributed by atoms with Gasteiger partial charge in [-0.15, -0.1) is 34.0 Å². The number of rotatable bonds is 2. The molecular formula is C45H24N4O2S3. The lowest BCUT2D eigenvalue weighted by Crippen LogP contribution is -2.28. The van der Waals surface area contributed by atoms with Gasteiger partial charge in [0, 0.05) is 53.3 Å². The fourth-order valence-electron chi connectivity index (χ4n) is 9.26. The third-order valence-corrected chi connectivity index (χ3v) is 15.4. The number of Topliss-reactive ketones (excluding diaryl/α,β-unsaturated/α-hetero) is 2. The van der Waals surface area contributed by atoms with Gasteiger partial charge in [-0.25, -0.2) is 20.2 Å². The van der Waals surface area contributed by atoms with Crippen LogP contribution in [0, 0.1) is 35.8 Å². The zero-order chi connectivity index (χ0) is 36.9. The molecule has 1 fully saturated rings. The van der Waals surface area contributed by atoms with Crippen molar-refractivity contribution in [3.05, 3.63) is 161 Å². The summed E-state index contributed by atoms with van der Waals surface area (Å²) < 4.78 is 4.96. The van der Waals surface area contributed by atoms with Crippen molar-refractivity contribution in [2.24, 2.45) is 0 Å². The van der Waals surface area contributed by atoms with Crippen molar-refractivity contribution >= 4 is 87.2 Å². The molecule has 54 heavy (non-hydrogen) atoms. The first-order valence-corrected chi connectivity index (χ1v) is 20.1. The Balaban J connectivity index is 1.07. The number of ketones is 2. The summed E-state index contributed by atoms with van der Waals surface area (Å²) in [4.78, 5) is 36.6. The van der Waals surface area contributed by atoms with Gasteiger partial charge in [0.25, 0.3) is 11.4 Å². The van der Waals surface area contributed by atoms with E-state index in [0.717, 1.165) is 36.1 Å². The highest BCUT2D eigenvalue weighted by Gasteiger charge is 2.49. The monoisotopic (exact) mass is 748 g/mol. The summed E-state index contributed by atoms with van der Waals surface area (Å²) in [5, 5.41) is 19.7. The van der Waals surface area contributed by atoms with Gasteiger partial charge in [-0.2, -0.15) is 0 Å². The number of allylic oxidation sites excluding steroid dienone is 11. The first-order chi connectivity index (χ1) is 26.4. The van der Waals surface area contributed by atoms with Crippen LogP contribution in [0.3, 0.4) is 0 Å². The van der Waals surface area contributed by atoms with Gasteiger partial charge in [-0.1, -0.05) is 73.9 Å². The molecule has 0 N–H and O–H groups in total. The van der Waals surface area contributed by atoms with Crippen LogP contribution in [0.2, 0.25) is 0 Å². The number of benzene rings is 2. The van der Waals surface area contributed by atoms with Crippen LogP contribution in [0.4, 0.5) is 0 Å². The fraction of sp³-hybridized carbons (Fsp3) is 0.156. The van der Waals surface area contributed by atoms with Gasteiger partial charge in [0.1, 0.15) is 0 Å². The summed E-state index contributed by atoms with van der Waals surface area (Å²) in [5.74, 6) is -0.319. The second kappa shape index (κ2) is 11.9. The molecule has 3 aromatic heterocycles. The van der Waals surface area contributed by atoms with E-state index in [0.29, 0.717) is 51.0 Å². The Morgan fingerprint density at radius 3 is 1.93 bits per heavy atom. The molecule has 5 aromatic rings. The summed E-state index contributed by atoms with van der Waals surface area (Å²) in [7, 11) is 0. The van der Waals surface area contributed by atoms with Crippen LogP contribution in [-0.2, 0) is 5.41 Å². The summed E-state index contributed by atoms with van der Waals surface area (Å²) >= 11 is 5.31. The van der Waals surface area contributed by atoms with E-state index >= 15 is 0 Å². The fourth-order valence-corrected chi connectivity index (χ4v) is 13.7. The van der Waals surface area contributed by atoms with Gasteiger partial charge < -0.3 is 0 Å². The van der Waals surface area contributed by atoms with Gasteiger partial charge in [0.2, 0.25) is 0 Å². The summed E-state index contributed by atoms with van der Waals surface area (Å²) in [6.07, 6.45) is 12.4. The lowest BCUT2D eigenvalue weighted by molar-refractivity contribution is 0.103. The van der Waals surface area contributed by atoms with Crippen LogP contribution < -0.4 is 0 Å². The standard InChI is InChI=1S/C45H24N4O2S3/c1-48-33(21-46)36-25-10-4-6-12-27(25)39(50)30(36)17-23-16-29-32(18-23)45(14-8-3-9-15-45)38-41(29)54-44-42-35(53-43(38)44)20-24(52-42)19-31-37(34(22-47)49-2)26-11-5-7-13-28(26)40(31)51/h4-7,10-13,17-20H,3,8-9,14-16H2/b30-17-,31-19+,36-33+,37-34?. The molecular weight excluding hydrogens is 725 g/mol. The lowest BCUT2D eigenvalue weighted by Gasteiger charge is -2.36. The number of nitrogens with zero attached hydrogens (tertiary/aromatic N) is 4. The van der Waals surface area contributed by atoms with E-state index in [1.165, 1.54) is 46.8 Å². The molecule has 0 amide bonds. The number of hydrogen-bond acceptors (Lipinski definition) is 7. The Morgan fingerprint density at radius 1 is 0.741 bits per heavy atom. The molecule has 5 aliphatic rings. The zero-order valence-electron chi connectivity index (χ0n) is 28.5. The topological polar surface area (TPSA) is 90.4 Å². The van der Waals surface area contributed by atoms with E-state index in [1.807, 2.05) is 71.2 Å². The maximum atomic E-state index is 13.7. The molecule has 6 nitrogen and oxygen atoms in total. The van der Waals surface area contributed by atoms with E-state index in [2.05, 4.69) is 21.8 Å². The highest BCUT2D eigenvalue weighted by Crippen LogP contribution is 2.64. The number of fused-ring (bicyclic) bond motifs is 10. The van der Waals surface area contributed by atoms with E-state index in [4.69, 9.17) is 13.1 Å². The Morgan fingerprint density at radius 2 is 1.33 bits per heavy atom. The van der Waals surface area contributed by atoms with E-state index in [-0.39, 0.29) is 28.4 Å². The lowest BCUT2D eigenvalue weighted by atomic mass is 9.67. The van der Waals surface area contributed by atoms with Crippen molar-refractivity contribution in [3.63, 3.8) is 0 Å². The van der Waals surface area contributed by atoms with Crippen molar-refractivity contribution in [3.8, 4) is 12.1 Å². The van der Waals surface area contributed by atoms with E-state index in [9.17, 15) is 20.1 Å². The summed E-state index contributed by atoms with van der Waals surface area (Å²) in [5.41, 5.74) is 8.89. The molecule has 10 rings (SSSR count). The van der Waals surface area contributed by atoms with Crippen LogP contribution >= 0.6 is 34.0 Å². The van der Waals surface area contributed by atoms with Crippen LogP contribution in [0.1, 0.15) is 85.7 Å². The predicted molar refractivity (Wildman–Crippen MR) is 215 cm³/mol. The average Bonchev–Trinajstić information content (AvgIpc) is 4.05. The molecule has 0 saturated heterocycles. The first-order valence-electron chi connectivity index (χ1n) is 17.6. The van der Waals surface area contributed by atoms with Crippen LogP contribution in [0.15, 0.2) is 100 Å². The van der Waals surface area contributed by atoms with Gasteiger partial charge in [-0.05, 0) is 70.9 Å². The molecule has 1 saturated carbocycles. The van der Waals surface area contributed by atoms with Crippen molar-refractivity contribution in [2.45, 2.75) is 43.9 Å². The minimum absolute atomic E-state index is 0.0656. The number of carbonyl (C=O) groups excluding carboxylic acids is 2. The molecule has 0 radical (unpaired) electrons. The molecule has 0 bridgehead atoms. The van der Waals surface area contributed by atoms with Gasteiger partial charge in [0.15, 0.2) is 11.6 Å². The smallest absolute Gasteiger partial charge is 0.270 e. The van der Waals surface area contributed by atoms with Crippen molar-refractivity contribution < 1.29 is 9.59 Å². The number of thiophene rings is 3. The van der Waals surface area contributed by atoms with E-state index in [1.54, 1.807) is 35.6 Å². The molecule has 0 unspecified atom stereocenters. The number of hydrogen-bond donors (Lipinski definition) is 0. The van der Waals surface area contributed by atoms with E-state index < -0.39 is 0 Å². The number of carbonyl (C=O) groups is 2. The third kappa shape index (κ3) is 4.32. The van der Waals surface area contributed by atoms with Gasteiger partial charge >= 0.3 is 0 Å². The largest absolute Gasteiger partial charge is 0.289 e. The molecule has 1 spiro atoms. The molecule has 2 aromatic carbocycles. The zero-order valence-corrected chi connectivity index (χ0v) is 31.0. The minimum atomic E-state index is -0.170. The quantitative estimate of drug-likeness (QED) is 0.102. The Kier molecular flexibility index (Phi) is 7.16. The van der Waals surface area contributed by atoms with Crippen LogP contribution in [0.25, 0.3) is 51.3 Å². The summed E-state index contributed by atoms with van der Waals surface area (Å²) in [6, 6.07) is 20.6. The maximum Gasteiger partial charge on any atom is 0.270 e. The normalized spacial score (nSPS) is 21.2. The number of nitriles is 2. The molecule has 9 heteroatoms. The molecule has 0 aliphatic heterocycles. The highest BCUT2D eigenvalue weighted by molar-refractivity contribution is 7.39. The average molecular weight is 749 g/mol. The second-order valence-corrected chi connectivity index (χ2v) is 17.3. The Bertz CT molecular complexity index is 2990. The van der Waals surface area contributed by atoms with Crippen molar-refractivity contribution in [1.82, 2.24) is 0 Å². The predicted octanol–water partition coefficient (Wildman–Crippen LogP) is 11.9. The SMILES string of the molecule is [C-]#[N+]C(C#N)=C1/C(=C\c2cc3sc4c5c(sc4c3s2)C2=C(C=C(/C=C3\C(=O)c4ccccc4\C3=C(\C#N)[N+]#[C-])C2)C52CCCCC2)C(=O)c2ccccc21. The molecule has 5 aliphatic carbocycles. The van der Waals surface area contributed by atoms with Crippen LogP contribution in [-0.4, -0.2) is 11.6 Å². The maximum absolute atomic E-state index is 13.7. The third-order valence-electron chi connectivity index (χ3n) is 11.4. The van der Waals surface area contributed by atoms with Crippen molar-refractivity contribution in [2.75, 3.05) is 0 Å². The molecule has 3 heterocycles. The molecule has 0 atom stereocenters. The highest BCUT2D eigenvalue weighted by atomic mass is 32.1. The Labute approximate surface area is 322 Å². The summed E-state index contributed by atoms with van der Waals surface area (Å²) in [6.45, 7) is 15.3. The Hall–Kier alpha value is -6.20. The van der Waals surface area contributed by atoms with Crippen LogP contribution in [0.5, 0.6) is 0 Å².